The number of halogens is 2. The lowest BCUT2D eigenvalue weighted by Crippen LogP contribution is -2.31. The fraction of sp³-hybridized carbons (Fsp3) is 0.0500. The normalized spacial score (nSPS) is 16.7. The van der Waals surface area contributed by atoms with E-state index in [1.165, 1.54) is 30.7 Å². The molecule has 1 unspecified atom stereocenters. The van der Waals surface area contributed by atoms with Crippen molar-refractivity contribution in [2.75, 3.05) is 4.90 Å². The van der Waals surface area contributed by atoms with Crippen LogP contribution in [0.2, 0.25) is 0 Å². The van der Waals surface area contributed by atoms with E-state index in [-0.39, 0.29) is 22.7 Å². The number of benzene rings is 1. The number of aromatic nitrogens is 1. The van der Waals surface area contributed by atoms with E-state index in [1.54, 1.807) is 18.2 Å². The van der Waals surface area contributed by atoms with Crippen molar-refractivity contribution in [1.29, 1.82) is 0 Å². The number of pyridine rings is 1. The van der Waals surface area contributed by atoms with Gasteiger partial charge in [-0.25, -0.2) is 8.78 Å². The van der Waals surface area contributed by atoms with Gasteiger partial charge in [0.15, 0.2) is 23.2 Å². The smallest absolute Gasteiger partial charge is 0.294 e. The van der Waals surface area contributed by atoms with Crippen molar-refractivity contribution in [2.45, 2.75) is 6.04 Å². The van der Waals surface area contributed by atoms with E-state index in [0.717, 1.165) is 17.0 Å². The van der Waals surface area contributed by atoms with Crippen LogP contribution in [0.25, 0.3) is 0 Å². The summed E-state index contributed by atoms with van der Waals surface area (Å²) >= 11 is 0. The van der Waals surface area contributed by atoms with Crippen LogP contribution >= 0.6 is 0 Å². The van der Waals surface area contributed by atoms with Gasteiger partial charge in [-0.2, -0.15) is 0 Å². The van der Waals surface area contributed by atoms with E-state index in [4.69, 9.17) is 4.42 Å². The molecular formula is C20H12F2N2O4. The second kappa shape index (κ2) is 6.73. The minimum atomic E-state index is -1.17. The molecule has 140 valence electrons. The van der Waals surface area contributed by atoms with Gasteiger partial charge in [0, 0.05) is 18.0 Å². The summed E-state index contributed by atoms with van der Waals surface area (Å²) in [5.41, 5.74) is -0.0312. The molecule has 8 heteroatoms. The third kappa shape index (κ3) is 2.75. The van der Waals surface area contributed by atoms with Crippen LogP contribution in [0, 0.1) is 11.6 Å². The van der Waals surface area contributed by atoms with E-state index in [0.29, 0.717) is 0 Å². The van der Waals surface area contributed by atoms with E-state index >= 15 is 0 Å². The SMILES string of the molecule is O=C(C1=C(O)C(=O)N(c2ccc(F)c(F)c2)C1c1ccccn1)c1ccco1. The first-order valence-electron chi connectivity index (χ1n) is 8.20. The molecule has 0 spiro atoms. The van der Waals surface area contributed by atoms with Gasteiger partial charge in [0.05, 0.1) is 17.5 Å². The molecule has 3 heterocycles. The number of rotatable bonds is 4. The zero-order valence-corrected chi connectivity index (χ0v) is 14.2. The third-order valence-electron chi connectivity index (χ3n) is 4.35. The predicted molar refractivity (Wildman–Crippen MR) is 93.5 cm³/mol. The Morgan fingerprint density at radius 3 is 2.57 bits per heavy atom. The Morgan fingerprint density at radius 2 is 1.93 bits per heavy atom. The minimum Gasteiger partial charge on any atom is -0.503 e. The highest BCUT2D eigenvalue weighted by Gasteiger charge is 2.46. The average Bonchev–Trinajstić information content (AvgIpc) is 3.32. The van der Waals surface area contributed by atoms with Crippen LogP contribution < -0.4 is 4.90 Å². The first kappa shape index (κ1) is 17.6. The van der Waals surface area contributed by atoms with E-state index in [2.05, 4.69) is 4.98 Å². The molecule has 6 nitrogen and oxygen atoms in total. The molecule has 0 bridgehead atoms. The Balaban J connectivity index is 1.89. The summed E-state index contributed by atoms with van der Waals surface area (Å²) in [4.78, 5) is 30.8. The van der Waals surface area contributed by atoms with Gasteiger partial charge in [0.2, 0.25) is 5.78 Å². The van der Waals surface area contributed by atoms with Gasteiger partial charge >= 0.3 is 0 Å². The average molecular weight is 382 g/mol. The number of hydrogen-bond acceptors (Lipinski definition) is 5. The van der Waals surface area contributed by atoms with Crippen LogP contribution in [0.15, 0.2) is 76.7 Å². The van der Waals surface area contributed by atoms with Gasteiger partial charge in [-0.15, -0.1) is 0 Å². The van der Waals surface area contributed by atoms with Crippen LogP contribution in [-0.2, 0) is 4.79 Å². The van der Waals surface area contributed by atoms with Gasteiger partial charge in [-0.05, 0) is 36.4 Å². The molecule has 0 saturated carbocycles. The summed E-state index contributed by atoms with van der Waals surface area (Å²) in [6.07, 6.45) is 2.73. The number of amides is 1. The van der Waals surface area contributed by atoms with Crippen molar-refractivity contribution in [3.63, 3.8) is 0 Å². The molecule has 4 rings (SSSR count). The molecule has 28 heavy (non-hydrogen) atoms. The molecule has 1 aliphatic rings. The van der Waals surface area contributed by atoms with Crippen LogP contribution in [0.3, 0.4) is 0 Å². The number of carbonyl (C=O) groups is 2. The summed E-state index contributed by atoms with van der Waals surface area (Å²) in [6, 6.07) is 9.43. The second-order valence-electron chi connectivity index (χ2n) is 6.00. The Labute approximate surface area is 157 Å². The number of aliphatic hydroxyl groups excluding tert-OH is 1. The summed E-state index contributed by atoms with van der Waals surface area (Å²) in [7, 11) is 0. The quantitative estimate of drug-likeness (QED) is 0.695. The number of anilines is 1. The fourth-order valence-electron chi connectivity index (χ4n) is 3.10. The molecular weight excluding hydrogens is 370 g/mol. The highest BCUT2D eigenvalue weighted by atomic mass is 19.2. The number of ketones is 1. The standard InChI is InChI=1S/C20H12F2N2O4/c21-12-7-6-11(10-13(12)22)24-17(14-4-1-2-8-23-14)16(19(26)20(24)27)18(25)15-5-3-9-28-15/h1-10,17,26H. The Bertz CT molecular complexity index is 1090. The Morgan fingerprint density at radius 1 is 1.11 bits per heavy atom. The number of aliphatic hydroxyl groups is 1. The van der Waals surface area contributed by atoms with Crippen LogP contribution in [0.1, 0.15) is 22.3 Å². The second-order valence-corrected chi connectivity index (χ2v) is 6.00. The van der Waals surface area contributed by atoms with E-state index in [1.807, 2.05) is 0 Å². The number of Topliss-reactive ketones (excluding diaryl/α,β-unsaturated/α-hetero) is 1. The van der Waals surface area contributed by atoms with Gasteiger partial charge in [-0.1, -0.05) is 6.07 Å². The molecule has 1 atom stereocenters. The molecule has 2 aromatic heterocycles. The maximum Gasteiger partial charge on any atom is 0.294 e. The van der Waals surface area contributed by atoms with Crippen LogP contribution in [-0.4, -0.2) is 21.8 Å². The Kier molecular flexibility index (Phi) is 4.23. The van der Waals surface area contributed by atoms with Gasteiger partial charge < -0.3 is 9.52 Å². The summed E-state index contributed by atoms with van der Waals surface area (Å²) in [5, 5.41) is 10.4. The number of carbonyl (C=O) groups excluding carboxylic acids is 2. The van der Waals surface area contributed by atoms with Crippen molar-refractivity contribution in [3.8, 4) is 0 Å². The van der Waals surface area contributed by atoms with Crippen molar-refractivity contribution < 1.29 is 27.9 Å². The molecule has 1 aromatic carbocycles. The monoisotopic (exact) mass is 382 g/mol. The number of furan rings is 1. The van der Waals surface area contributed by atoms with Crippen LogP contribution in [0.5, 0.6) is 0 Å². The Hall–Kier alpha value is -3.81. The lowest BCUT2D eigenvalue weighted by Gasteiger charge is -2.26. The first-order valence-corrected chi connectivity index (χ1v) is 8.20. The molecule has 1 amide bonds. The lowest BCUT2D eigenvalue weighted by molar-refractivity contribution is -0.117. The number of nitrogens with zero attached hydrogens (tertiary/aromatic N) is 2. The van der Waals surface area contributed by atoms with Crippen molar-refractivity contribution in [3.05, 3.63) is 95.4 Å². The van der Waals surface area contributed by atoms with Gasteiger partial charge in [0.25, 0.3) is 5.91 Å². The van der Waals surface area contributed by atoms with E-state index in [9.17, 15) is 23.5 Å². The first-order chi connectivity index (χ1) is 13.5. The lowest BCUT2D eigenvalue weighted by atomic mass is 9.98. The largest absolute Gasteiger partial charge is 0.503 e. The van der Waals surface area contributed by atoms with Crippen molar-refractivity contribution in [1.82, 2.24) is 4.98 Å². The summed E-state index contributed by atoms with van der Waals surface area (Å²) in [5.74, 6) is -4.79. The molecule has 0 aliphatic carbocycles. The topological polar surface area (TPSA) is 83.6 Å². The molecule has 0 saturated heterocycles. The van der Waals surface area contributed by atoms with Gasteiger partial charge in [-0.3, -0.25) is 19.5 Å². The van der Waals surface area contributed by atoms with Crippen molar-refractivity contribution in [2.24, 2.45) is 0 Å². The third-order valence-corrected chi connectivity index (χ3v) is 4.35. The maximum absolute atomic E-state index is 13.8. The zero-order chi connectivity index (χ0) is 19.8. The van der Waals surface area contributed by atoms with Crippen molar-refractivity contribution >= 4 is 17.4 Å². The highest BCUT2D eigenvalue weighted by molar-refractivity contribution is 6.20. The summed E-state index contributed by atoms with van der Waals surface area (Å²) in [6.45, 7) is 0. The maximum atomic E-state index is 13.8. The minimum absolute atomic E-state index is 0.0339. The predicted octanol–water partition coefficient (Wildman–Crippen LogP) is 3.74. The molecule has 3 aromatic rings. The van der Waals surface area contributed by atoms with Crippen LogP contribution in [0.4, 0.5) is 14.5 Å². The van der Waals surface area contributed by atoms with Gasteiger partial charge in [0.1, 0.15) is 6.04 Å². The molecule has 0 fully saturated rings. The molecule has 1 N–H and O–H groups in total. The fourth-order valence-corrected chi connectivity index (χ4v) is 3.10. The zero-order valence-electron chi connectivity index (χ0n) is 14.2. The van der Waals surface area contributed by atoms with E-state index < -0.39 is 35.1 Å². The highest BCUT2D eigenvalue weighted by Crippen LogP contribution is 2.41. The number of hydrogen-bond donors (Lipinski definition) is 1. The molecule has 1 aliphatic heterocycles. The molecule has 0 radical (unpaired) electrons. The summed E-state index contributed by atoms with van der Waals surface area (Å²) < 4.78 is 32.2.